The number of pyridine rings is 1. The van der Waals surface area contributed by atoms with Crippen LogP contribution in [-0.4, -0.2) is 10.1 Å². The van der Waals surface area contributed by atoms with Crippen molar-refractivity contribution in [2.24, 2.45) is 0 Å². The van der Waals surface area contributed by atoms with Gasteiger partial charge in [0, 0.05) is 22.4 Å². The Balaban J connectivity index is 2.95. The fourth-order valence-corrected chi connectivity index (χ4v) is 1.24. The molecule has 0 spiro atoms. The Labute approximate surface area is 80.1 Å². The van der Waals surface area contributed by atoms with Crippen LogP contribution in [0.5, 0.6) is 0 Å². The van der Waals surface area contributed by atoms with E-state index in [4.69, 9.17) is 0 Å². The molecule has 0 fully saturated rings. The average molecular weight is 228 g/mol. The first kappa shape index (κ1) is 9.42. The van der Waals surface area contributed by atoms with E-state index in [1.165, 1.54) is 0 Å². The first-order valence-corrected chi connectivity index (χ1v) is 4.34. The first-order chi connectivity index (χ1) is 5.61. The van der Waals surface area contributed by atoms with Crippen molar-refractivity contribution in [3.63, 3.8) is 0 Å². The molecule has 2 nitrogen and oxygen atoms in total. The lowest BCUT2D eigenvalue weighted by atomic mass is 10.1. The quantitative estimate of drug-likeness (QED) is 0.788. The van der Waals surface area contributed by atoms with Crippen molar-refractivity contribution in [2.75, 3.05) is 0 Å². The molecule has 0 aliphatic carbocycles. The first-order valence-electron chi connectivity index (χ1n) is 3.55. The zero-order chi connectivity index (χ0) is 9.14. The van der Waals surface area contributed by atoms with Gasteiger partial charge in [0.15, 0.2) is 0 Å². The fourth-order valence-electron chi connectivity index (χ4n) is 0.862. The van der Waals surface area contributed by atoms with Crippen LogP contribution in [0.25, 0.3) is 0 Å². The molecule has 12 heavy (non-hydrogen) atoms. The highest BCUT2D eigenvalue weighted by atomic mass is 79.9. The Morgan fingerprint density at radius 1 is 1.67 bits per heavy atom. The van der Waals surface area contributed by atoms with Gasteiger partial charge in [0.2, 0.25) is 0 Å². The van der Waals surface area contributed by atoms with Crippen molar-refractivity contribution in [1.29, 1.82) is 0 Å². The third-order valence-electron chi connectivity index (χ3n) is 1.51. The van der Waals surface area contributed by atoms with Crippen LogP contribution < -0.4 is 0 Å². The Bertz CT molecular complexity index is 298. The van der Waals surface area contributed by atoms with Gasteiger partial charge in [-0.25, -0.2) is 0 Å². The molecule has 0 amide bonds. The Morgan fingerprint density at radius 2 is 2.33 bits per heavy atom. The van der Waals surface area contributed by atoms with E-state index in [1.807, 2.05) is 6.07 Å². The molecule has 0 bridgehead atoms. The molecule has 1 N–H and O–H groups in total. The predicted molar refractivity (Wildman–Crippen MR) is 51.7 cm³/mol. The molecular weight excluding hydrogens is 218 g/mol. The van der Waals surface area contributed by atoms with Gasteiger partial charge in [-0.05, 0) is 34.5 Å². The highest BCUT2D eigenvalue weighted by Crippen LogP contribution is 2.21. The summed E-state index contributed by atoms with van der Waals surface area (Å²) >= 11 is 3.28. The topological polar surface area (TPSA) is 33.1 Å². The molecule has 1 atom stereocenters. The zero-order valence-corrected chi connectivity index (χ0v) is 8.37. The largest absolute Gasteiger partial charge is 0.384 e. The summed E-state index contributed by atoms with van der Waals surface area (Å²) in [5.74, 6) is 0. The molecule has 0 saturated carbocycles. The third-order valence-corrected chi connectivity index (χ3v) is 1.94. The molecule has 1 rings (SSSR count). The second-order valence-corrected chi connectivity index (χ2v) is 3.60. The Hall–Kier alpha value is -0.670. The van der Waals surface area contributed by atoms with Crippen LogP contribution in [0.3, 0.4) is 0 Å². The van der Waals surface area contributed by atoms with E-state index in [2.05, 4.69) is 27.5 Å². The smallest absolute Gasteiger partial charge is 0.101 e. The van der Waals surface area contributed by atoms with Crippen LogP contribution in [0.15, 0.2) is 35.1 Å². The van der Waals surface area contributed by atoms with E-state index < -0.39 is 6.10 Å². The van der Waals surface area contributed by atoms with Gasteiger partial charge in [0.05, 0.1) is 0 Å². The van der Waals surface area contributed by atoms with Crippen molar-refractivity contribution in [1.82, 2.24) is 4.98 Å². The molecular formula is C9H10BrNO. The monoisotopic (exact) mass is 227 g/mol. The number of aromatic nitrogens is 1. The standard InChI is InChI=1S/C9H10BrNO/c1-6(2)9(12)7-3-8(10)5-11-4-7/h3-5,9,12H,1H2,2H3. The van der Waals surface area contributed by atoms with Crippen LogP contribution in [0.1, 0.15) is 18.6 Å². The van der Waals surface area contributed by atoms with Gasteiger partial charge in [-0.2, -0.15) is 0 Å². The normalized spacial score (nSPS) is 12.6. The maximum atomic E-state index is 9.56. The van der Waals surface area contributed by atoms with Crippen LogP contribution >= 0.6 is 15.9 Å². The minimum absolute atomic E-state index is 0.616. The van der Waals surface area contributed by atoms with E-state index in [0.717, 1.165) is 15.6 Å². The van der Waals surface area contributed by atoms with Crippen LogP contribution in [0.4, 0.5) is 0 Å². The van der Waals surface area contributed by atoms with E-state index in [1.54, 1.807) is 19.3 Å². The minimum atomic E-state index is -0.616. The molecule has 1 aromatic heterocycles. The van der Waals surface area contributed by atoms with E-state index >= 15 is 0 Å². The van der Waals surface area contributed by atoms with Gasteiger partial charge >= 0.3 is 0 Å². The SMILES string of the molecule is C=C(C)C(O)c1cncc(Br)c1. The van der Waals surface area contributed by atoms with Gasteiger partial charge in [0.1, 0.15) is 6.10 Å². The van der Waals surface area contributed by atoms with Crippen LogP contribution in [0, 0.1) is 0 Å². The summed E-state index contributed by atoms with van der Waals surface area (Å²) in [5, 5.41) is 9.56. The van der Waals surface area contributed by atoms with Gasteiger partial charge < -0.3 is 5.11 Å². The van der Waals surface area contributed by atoms with Gasteiger partial charge in [-0.3, -0.25) is 4.98 Å². The van der Waals surface area contributed by atoms with Gasteiger partial charge in [-0.1, -0.05) is 6.58 Å². The summed E-state index contributed by atoms with van der Waals surface area (Å²) < 4.78 is 0.861. The van der Waals surface area contributed by atoms with E-state index in [-0.39, 0.29) is 0 Å². The maximum Gasteiger partial charge on any atom is 0.101 e. The molecule has 0 aliphatic rings. The van der Waals surface area contributed by atoms with Crippen molar-refractivity contribution < 1.29 is 5.11 Å². The number of rotatable bonds is 2. The van der Waals surface area contributed by atoms with Crippen molar-refractivity contribution in [2.45, 2.75) is 13.0 Å². The lowest BCUT2D eigenvalue weighted by molar-refractivity contribution is 0.216. The van der Waals surface area contributed by atoms with Crippen molar-refractivity contribution >= 4 is 15.9 Å². The van der Waals surface area contributed by atoms with Crippen LogP contribution in [-0.2, 0) is 0 Å². The summed E-state index contributed by atoms with van der Waals surface area (Å²) in [7, 11) is 0. The second kappa shape index (κ2) is 3.83. The average Bonchev–Trinajstić information content (AvgIpc) is 2.03. The number of hydrogen-bond acceptors (Lipinski definition) is 2. The second-order valence-electron chi connectivity index (χ2n) is 2.69. The van der Waals surface area contributed by atoms with Crippen LogP contribution in [0.2, 0.25) is 0 Å². The Morgan fingerprint density at radius 3 is 2.83 bits per heavy atom. The van der Waals surface area contributed by atoms with Crippen molar-refractivity contribution in [3.8, 4) is 0 Å². The summed E-state index contributed by atoms with van der Waals surface area (Å²) in [6, 6.07) is 1.83. The minimum Gasteiger partial charge on any atom is -0.384 e. The highest BCUT2D eigenvalue weighted by molar-refractivity contribution is 9.10. The molecule has 64 valence electrons. The molecule has 0 saturated heterocycles. The number of halogens is 1. The summed E-state index contributed by atoms with van der Waals surface area (Å²) in [6.45, 7) is 5.45. The zero-order valence-electron chi connectivity index (χ0n) is 6.79. The highest BCUT2D eigenvalue weighted by Gasteiger charge is 2.07. The van der Waals surface area contributed by atoms with Gasteiger partial charge in [0.25, 0.3) is 0 Å². The summed E-state index contributed by atoms with van der Waals surface area (Å²) in [5.41, 5.74) is 1.48. The van der Waals surface area contributed by atoms with E-state index in [9.17, 15) is 5.11 Å². The summed E-state index contributed by atoms with van der Waals surface area (Å²) in [4.78, 5) is 3.94. The predicted octanol–water partition coefficient (Wildman–Crippen LogP) is 2.45. The third kappa shape index (κ3) is 2.16. The molecule has 1 unspecified atom stereocenters. The molecule has 1 heterocycles. The lowest BCUT2D eigenvalue weighted by Crippen LogP contribution is -1.98. The summed E-state index contributed by atoms with van der Waals surface area (Å²) in [6.07, 6.45) is 2.69. The molecule has 0 radical (unpaired) electrons. The Kier molecular flexibility index (Phi) is 3.00. The fraction of sp³-hybridized carbons (Fsp3) is 0.222. The molecule has 0 aromatic carbocycles. The number of nitrogens with zero attached hydrogens (tertiary/aromatic N) is 1. The number of aliphatic hydroxyl groups excluding tert-OH is 1. The number of hydrogen-bond donors (Lipinski definition) is 1. The lowest BCUT2D eigenvalue weighted by Gasteiger charge is -2.09. The number of aliphatic hydroxyl groups is 1. The van der Waals surface area contributed by atoms with Gasteiger partial charge in [-0.15, -0.1) is 0 Å². The van der Waals surface area contributed by atoms with Crippen molar-refractivity contribution in [3.05, 3.63) is 40.6 Å². The van der Waals surface area contributed by atoms with E-state index in [0.29, 0.717) is 0 Å². The molecule has 1 aromatic rings. The molecule has 3 heteroatoms. The molecule has 0 aliphatic heterocycles. The maximum absolute atomic E-state index is 9.56.